The van der Waals surface area contributed by atoms with Gasteiger partial charge in [0.25, 0.3) is 5.82 Å². The zero-order chi connectivity index (χ0) is 9.84. The third kappa shape index (κ3) is 1.97. The van der Waals surface area contributed by atoms with Crippen molar-refractivity contribution in [3.63, 3.8) is 0 Å². The smallest absolute Gasteiger partial charge is 0.312 e. The van der Waals surface area contributed by atoms with Crippen LogP contribution in [-0.2, 0) is 0 Å². The number of methoxy groups -OCH3 is 1. The Morgan fingerprint density at radius 3 is 2.62 bits per heavy atom. The highest BCUT2D eigenvalue weighted by atomic mass is 16.5. The fourth-order valence-corrected chi connectivity index (χ4v) is 1.11. The summed E-state index contributed by atoms with van der Waals surface area (Å²) >= 11 is 0. The van der Waals surface area contributed by atoms with Crippen molar-refractivity contribution in [2.75, 3.05) is 7.11 Å². The average Bonchev–Trinajstić information content (AvgIpc) is 2.16. The quantitative estimate of drug-likeness (QED) is 0.648. The molecule has 0 radical (unpaired) electrons. The summed E-state index contributed by atoms with van der Waals surface area (Å²) in [6.45, 7) is 10.9. The van der Waals surface area contributed by atoms with E-state index in [9.17, 15) is 0 Å². The number of rotatable bonds is 2. The first-order valence-corrected chi connectivity index (χ1v) is 4.11. The molecule has 0 aliphatic heterocycles. The van der Waals surface area contributed by atoms with E-state index in [1.54, 1.807) is 13.2 Å². The summed E-state index contributed by atoms with van der Waals surface area (Å²) in [4.78, 5) is 7.29. The maximum absolute atomic E-state index is 6.80. The molecule has 68 valence electrons. The Morgan fingerprint density at radius 1 is 1.46 bits per heavy atom. The lowest BCUT2D eigenvalue weighted by atomic mass is 10.1. The van der Waals surface area contributed by atoms with Gasteiger partial charge in [-0.1, -0.05) is 31.5 Å². The summed E-state index contributed by atoms with van der Waals surface area (Å²) < 4.78 is 5.09. The molecule has 0 saturated heterocycles. The second kappa shape index (κ2) is 3.90. The summed E-state index contributed by atoms with van der Waals surface area (Å²) in [7, 11) is 1.57. The van der Waals surface area contributed by atoms with Crippen molar-refractivity contribution in [2.45, 2.75) is 19.8 Å². The minimum absolute atomic E-state index is 0.363. The minimum atomic E-state index is 0.363. The summed E-state index contributed by atoms with van der Waals surface area (Å²) in [6.07, 6.45) is 0. The van der Waals surface area contributed by atoms with Gasteiger partial charge < -0.3 is 9.58 Å². The number of pyridine rings is 1. The van der Waals surface area contributed by atoms with Gasteiger partial charge in [0.2, 0.25) is 0 Å². The highest BCUT2D eigenvalue weighted by Gasteiger charge is 2.12. The first-order chi connectivity index (χ1) is 6.19. The monoisotopic (exact) mass is 176 g/mol. The van der Waals surface area contributed by atoms with Gasteiger partial charge in [0.1, 0.15) is 0 Å². The van der Waals surface area contributed by atoms with Crippen molar-refractivity contribution in [3.05, 3.63) is 29.1 Å². The molecule has 0 aliphatic rings. The van der Waals surface area contributed by atoms with Crippen LogP contribution in [-0.4, -0.2) is 12.1 Å². The van der Waals surface area contributed by atoms with Crippen molar-refractivity contribution in [2.24, 2.45) is 0 Å². The highest BCUT2D eigenvalue weighted by Crippen LogP contribution is 2.26. The van der Waals surface area contributed by atoms with Gasteiger partial charge in [-0.3, -0.25) is 0 Å². The van der Waals surface area contributed by atoms with Crippen LogP contribution >= 0.6 is 0 Å². The second-order valence-corrected chi connectivity index (χ2v) is 3.03. The van der Waals surface area contributed by atoms with E-state index in [0.29, 0.717) is 17.6 Å². The number of ether oxygens (including phenoxy) is 1. The zero-order valence-electron chi connectivity index (χ0n) is 8.03. The first kappa shape index (κ1) is 9.53. The zero-order valence-corrected chi connectivity index (χ0v) is 8.03. The average molecular weight is 176 g/mol. The number of aromatic nitrogens is 1. The largest absolute Gasteiger partial charge is 0.464 e. The van der Waals surface area contributed by atoms with Crippen LogP contribution in [0.25, 0.3) is 4.85 Å². The van der Waals surface area contributed by atoms with Crippen LogP contribution in [0.15, 0.2) is 12.1 Å². The Morgan fingerprint density at radius 2 is 2.15 bits per heavy atom. The van der Waals surface area contributed by atoms with Crippen LogP contribution in [0.1, 0.15) is 25.3 Å². The molecule has 0 atom stereocenters. The van der Waals surface area contributed by atoms with Crippen molar-refractivity contribution in [1.82, 2.24) is 4.98 Å². The van der Waals surface area contributed by atoms with E-state index in [2.05, 4.69) is 23.7 Å². The maximum atomic E-state index is 6.80. The van der Waals surface area contributed by atoms with Crippen molar-refractivity contribution >= 4 is 5.82 Å². The lowest BCUT2D eigenvalue weighted by Crippen LogP contribution is -1.96. The molecule has 13 heavy (non-hydrogen) atoms. The van der Waals surface area contributed by atoms with Gasteiger partial charge in [-0.2, -0.15) is 0 Å². The minimum Gasteiger partial charge on any atom is -0.464 e. The van der Waals surface area contributed by atoms with Gasteiger partial charge in [0, 0.05) is 5.56 Å². The molecule has 0 spiro atoms. The molecule has 0 aliphatic carbocycles. The van der Waals surface area contributed by atoms with Crippen LogP contribution in [0.4, 0.5) is 5.82 Å². The molecule has 0 bridgehead atoms. The molecule has 1 aromatic rings. The Kier molecular flexibility index (Phi) is 2.86. The molecule has 0 unspecified atom stereocenters. The molecule has 1 heterocycles. The Labute approximate surface area is 78.2 Å². The van der Waals surface area contributed by atoms with Crippen LogP contribution in [0.3, 0.4) is 0 Å². The van der Waals surface area contributed by atoms with Gasteiger partial charge in [-0.25, -0.2) is 0 Å². The van der Waals surface area contributed by atoms with E-state index >= 15 is 0 Å². The number of hydrogen-bond acceptors (Lipinski definition) is 2. The van der Waals surface area contributed by atoms with E-state index in [0.717, 1.165) is 5.56 Å². The van der Waals surface area contributed by atoms with Gasteiger partial charge in [0.05, 0.1) is 7.11 Å². The van der Waals surface area contributed by atoms with Crippen LogP contribution < -0.4 is 4.74 Å². The summed E-state index contributed by atoms with van der Waals surface area (Å²) in [5, 5.41) is 0. The van der Waals surface area contributed by atoms with Gasteiger partial charge in [-0.15, -0.1) is 0 Å². The molecular formula is C10H12N2O. The number of nitrogens with zero attached hydrogens (tertiary/aromatic N) is 2. The molecule has 0 aromatic carbocycles. The summed E-state index contributed by atoms with van der Waals surface area (Å²) in [6, 6.07) is 3.61. The van der Waals surface area contributed by atoms with Gasteiger partial charge >= 0.3 is 5.88 Å². The van der Waals surface area contributed by atoms with Crippen LogP contribution in [0, 0.1) is 6.57 Å². The fraction of sp³-hybridized carbons (Fsp3) is 0.400. The van der Waals surface area contributed by atoms with Crippen molar-refractivity contribution in [1.29, 1.82) is 0 Å². The third-order valence-electron chi connectivity index (χ3n) is 1.80. The highest BCUT2D eigenvalue weighted by molar-refractivity contribution is 5.43. The second-order valence-electron chi connectivity index (χ2n) is 3.03. The molecule has 0 saturated carbocycles. The normalized spacial score (nSPS) is 9.77. The maximum Gasteiger partial charge on any atom is 0.312 e. The Balaban J connectivity index is 3.17. The molecule has 0 fully saturated rings. The molecule has 3 heteroatoms. The van der Waals surface area contributed by atoms with E-state index in [1.165, 1.54) is 0 Å². The third-order valence-corrected chi connectivity index (χ3v) is 1.80. The van der Waals surface area contributed by atoms with E-state index < -0.39 is 0 Å². The standard InChI is InChI=1S/C10H12N2O/c1-7(2)8-5-6-9(11-3)12-10(8)13-4/h5-7H,1-2,4H3. The Bertz CT molecular complexity index is 339. The molecule has 1 rings (SSSR count). The predicted octanol–water partition coefficient (Wildman–Crippen LogP) is 2.76. The topological polar surface area (TPSA) is 26.5 Å². The van der Waals surface area contributed by atoms with Crippen LogP contribution in [0.5, 0.6) is 5.88 Å². The summed E-state index contributed by atoms with van der Waals surface area (Å²) in [5.41, 5.74) is 1.04. The Hall–Kier alpha value is -1.56. The lowest BCUT2D eigenvalue weighted by Gasteiger charge is -2.06. The predicted molar refractivity (Wildman–Crippen MR) is 51.1 cm³/mol. The fourth-order valence-electron chi connectivity index (χ4n) is 1.11. The van der Waals surface area contributed by atoms with Gasteiger partial charge in [0.15, 0.2) is 0 Å². The molecule has 0 amide bonds. The van der Waals surface area contributed by atoms with Crippen LogP contribution in [0.2, 0.25) is 0 Å². The van der Waals surface area contributed by atoms with E-state index in [1.807, 2.05) is 6.07 Å². The first-order valence-electron chi connectivity index (χ1n) is 4.11. The lowest BCUT2D eigenvalue weighted by molar-refractivity contribution is 0.391. The van der Waals surface area contributed by atoms with Crippen molar-refractivity contribution in [3.8, 4) is 5.88 Å². The van der Waals surface area contributed by atoms with Gasteiger partial charge in [-0.05, 0) is 12.0 Å². The molecule has 3 nitrogen and oxygen atoms in total. The SMILES string of the molecule is [C-]#[N+]c1ccc(C(C)C)c(OC)n1. The van der Waals surface area contributed by atoms with Crippen molar-refractivity contribution < 1.29 is 4.74 Å². The van der Waals surface area contributed by atoms with E-state index in [4.69, 9.17) is 11.3 Å². The molecular weight excluding hydrogens is 164 g/mol. The van der Waals surface area contributed by atoms with E-state index in [-0.39, 0.29) is 0 Å². The summed E-state index contributed by atoms with van der Waals surface area (Å²) in [5.74, 6) is 1.30. The molecule has 0 N–H and O–H groups in total. The molecule has 1 aromatic heterocycles. The number of hydrogen-bond donors (Lipinski definition) is 0.